The van der Waals surface area contributed by atoms with Gasteiger partial charge >= 0.3 is 5.97 Å². The van der Waals surface area contributed by atoms with Gasteiger partial charge in [0.05, 0.1) is 7.11 Å². The zero-order valence-electron chi connectivity index (χ0n) is 8.09. The van der Waals surface area contributed by atoms with Crippen molar-refractivity contribution >= 4 is 17.6 Å². The predicted octanol–water partition coefficient (Wildman–Crippen LogP) is 1.68. The van der Waals surface area contributed by atoms with Crippen LogP contribution in [0.5, 0.6) is 0 Å². The number of ether oxygens (including phenoxy) is 2. The molecule has 1 spiro atoms. The van der Waals surface area contributed by atoms with E-state index in [1.807, 2.05) is 0 Å². The molecule has 1 aliphatic heterocycles. The molecule has 2 bridgehead atoms. The Labute approximate surface area is 87.7 Å². The molecule has 0 N–H and O–H groups in total. The maximum absolute atomic E-state index is 11.5. The van der Waals surface area contributed by atoms with E-state index in [0.717, 1.165) is 12.8 Å². The molecule has 4 heteroatoms. The first kappa shape index (κ1) is 8.98. The van der Waals surface area contributed by atoms with Gasteiger partial charge < -0.3 is 9.47 Å². The summed E-state index contributed by atoms with van der Waals surface area (Å²) < 4.78 is 10.2. The molecule has 4 unspecified atom stereocenters. The molecule has 3 rings (SSSR count). The van der Waals surface area contributed by atoms with Crippen LogP contribution in [0.2, 0.25) is 0 Å². The van der Waals surface area contributed by atoms with Gasteiger partial charge in [0.25, 0.3) is 5.06 Å². The Balaban J connectivity index is 1.86. The Morgan fingerprint density at radius 3 is 2.86 bits per heavy atom. The second-order valence-electron chi connectivity index (χ2n) is 4.66. The summed E-state index contributed by atoms with van der Waals surface area (Å²) in [5, 5.41) is -1.15. The van der Waals surface area contributed by atoms with Crippen molar-refractivity contribution < 1.29 is 14.3 Å². The van der Waals surface area contributed by atoms with Gasteiger partial charge in [0.15, 0.2) is 0 Å². The fourth-order valence-corrected chi connectivity index (χ4v) is 3.82. The van der Waals surface area contributed by atoms with Crippen LogP contribution in [0.4, 0.5) is 0 Å². The molecule has 0 amide bonds. The zero-order valence-corrected chi connectivity index (χ0v) is 8.84. The second-order valence-corrected chi connectivity index (χ2v) is 5.19. The van der Waals surface area contributed by atoms with Crippen LogP contribution < -0.4 is 0 Å². The largest absolute Gasteiger partial charge is 0.466 e. The summed E-state index contributed by atoms with van der Waals surface area (Å²) in [5.74, 6) is 0.765. The number of hydrogen-bond acceptors (Lipinski definition) is 3. The number of carbonyl (C=O) groups is 1. The topological polar surface area (TPSA) is 38.8 Å². The predicted molar refractivity (Wildman–Crippen MR) is 49.9 cm³/mol. The Morgan fingerprint density at radius 2 is 2.36 bits per heavy atom. The van der Waals surface area contributed by atoms with E-state index in [0.29, 0.717) is 11.8 Å². The lowest BCUT2D eigenvalue weighted by Gasteiger charge is -2.19. The lowest BCUT2D eigenvalue weighted by Crippen LogP contribution is -2.34. The number of halogens is 1. The number of carbonyl (C=O) groups excluding carboxylic acids is 1. The van der Waals surface area contributed by atoms with E-state index in [4.69, 9.17) is 16.3 Å². The summed E-state index contributed by atoms with van der Waals surface area (Å²) in [7, 11) is 1.36. The van der Waals surface area contributed by atoms with Crippen molar-refractivity contribution in [3.63, 3.8) is 0 Å². The lowest BCUT2D eigenvalue weighted by molar-refractivity contribution is -0.143. The molecule has 2 saturated carbocycles. The van der Waals surface area contributed by atoms with Gasteiger partial charge in [0.2, 0.25) is 0 Å². The van der Waals surface area contributed by atoms with Crippen molar-refractivity contribution in [2.45, 2.75) is 36.3 Å². The monoisotopic (exact) mass is 216 g/mol. The number of fused-ring (bicyclic) bond motifs is 3. The smallest absolute Gasteiger partial charge is 0.357 e. The molecule has 1 saturated heterocycles. The molecule has 14 heavy (non-hydrogen) atoms. The van der Waals surface area contributed by atoms with Crippen molar-refractivity contribution in [2.24, 2.45) is 11.8 Å². The number of rotatable bonds is 1. The number of methoxy groups -OCH3 is 1. The summed E-state index contributed by atoms with van der Waals surface area (Å²) in [4.78, 5) is 11.5. The Morgan fingerprint density at radius 1 is 1.57 bits per heavy atom. The SMILES string of the molecule is COC(=O)C1(Cl)OC12CC1CCC2C1. The number of esters is 1. The molecular weight excluding hydrogens is 204 g/mol. The van der Waals surface area contributed by atoms with Gasteiger partial charge in [0, 0.05) is 0 Å². The van der Waals surface area contributed by atoms with E-state index < -0.39 is 11.0 Å². The van der Waals surface area contributed by atoms with E-state index in [-0.39, 0.29) is 5.60 Å². The van der Waals surface area contributed by atoms with Crippen molar-refractivity contribution in [2.75, 3.05) is 7.11 Å². The number of hydrogen-bond donors (Lipinski definition) is 0. The van der Waals surface area contributed by atoms with Gasteiger partial charge in [0.1, 0.15) is 5.60 Å². The normalized spacial score (nSPS) is 53.9. The minimum Gasteiger partial charge on any atom is -0.466 e. The molecule has 4 atom stereocenters. The van der Waals surface area contributed by atoms with E-state index in [2.05, 4.69) is 4.74 Å². The Bertz CT molecular complexity index is 306. The zero-order chi connectivity index (χ0) is 9.97. The fourth-order valence-electron chi connectivity index (χ4n) is 3.37. The van der Waals surface area contributed by atoms with Crippen LogP contribution in [-0.4, -0.2) is 23.7 Å². The molecule has 78 valence electrons. The average molecular weight is 217 g/mol. The van der Waals surface area contributed by atoms with E-state index in [1.54, 1.807) is 0 Å². The highest BCUT2D eigenvalue weighted by molar-refractivity contribution is 6.36. The molecule has 2 aliphatic carbocycles. The summed E-state index contributed by atoms with van der Waals surface area (Å²) in [6.45, 7) is 0. The van der Waals surface area contributed by atoms with E-state index in [9.17, 15) is 4.79 Å². The molecular formula is C10H13ClO3. The van der Waals surface area contributed by atoms with Crippen LogP contribution in [0.15, 0.2) is 0 Å². The van der Waals surface area contributed by atoms with Crippen LogP contribution >= 0.6 is 11.6 Å². The minimum absolute atomic E-state index is 0.370. The molecule has 0 radical (unpaired) electrons. The number of alkyl halides is 1. The van der Waals surface area contributed by atoms with Gasteiger partial charge in [-0.1, -0.05) is 11.6 Å². The average Bonchev–Trinajstić information content (AvgIpc) is 2.60. The quantitative estimate of drug-likeness (QED) is 0.380. The first-order valence-corrected chi connectivity index (χ1v) is 5.48. The molecule has 0 aromatic carbocycles. The third kappa shape index (κ3) is 0.812. The maximum Gasteiger partial charge on any atom is 0.357 e. The van der Waals surface area contributed by atoms with Crippen molar-refractivity contribution in [3.05, 3.63) is 0 Å². The van der Waals surface area contributed by atoms with Crippen LogP contribution in [0.1, 0.15) is 25.7 Å². The van der Waals surface area contributed by atoms with Crippen LogP contribution in [0.25, 0.3) is 0 Å². The summed E-state index contributed by atoms with van der Waals surface area (Å²) in [6, 6.07) is 0. The molecule has 0 aromatic heterocycles. The molecule has 1 heterocycles. The van der Waals surface area contributed by atoms with E-state index in [1.165, 1.54) is 20.0 Å². The van der Waals surface area contributed by atoms with Gasteiger partial charge in [-0.25, -0.2) is 4.79 Å². The summed E-state index contributed by atoms with van der Waals surface area (Å²) in [5.41, 5.74) is -0.370. The van der Waals surface area contributed by atoms with Gasteiger partial charge in [-0.15, -0.1) is 0 Å². The summed E-state index contributed by atoms with van der Waals surface area (Å²) in [6.07, 6.45) is 4.53. The van der Waals surface area contributed by atoms with Crippen molar-refractivity contribution in [3.8, 4) is 0 Å². The number of epoxide rings is 1. The highest BCUT2D eigenvalue weighted by atomic mass is 35.5. The third-order valence-corrected chi connectivity index (χ3v) is 4.62. The summed E-state index contributed by atoms with van der Waals surface area (Å²) >= 11 is 6.16. The maximum atomic E-state index is 11.5. The highest BCUT2D eigenvalue weighted by Gasteiger charge is 2.81. The lowest BCUT2D eigenvalue weighted by atomic mass is 9.85. The first-order valence-electron chi connectivity index (χ1n) is 5.10. The van der Waals surface area contributed by atoms with E-state index >= 15 is 0 Å². The standard InChI is InChI=1S/C10H13ClO3/c1-13-8(12)10(11)9(14-10)5-6-2-3-7(9)4-6/h6-7H,2-5H2,1H3. The van der Waals surface area contributed by atoms with Gasteiger partial charge in [-0.05, 0) is 37.5 Å². The first-order chi connectivity index (χ1) is 6.62. The second kappa shape index (κ2) is 2.45. The minimum atomic E-state index is -1.15. The van der Waals surface area contributed by atoms with Crippen molar-refractivity contribution in [1.82, 2.24) is 0 Å². The Hall–Kier alpha value is -0.280. The van der Waals surface area contributed by atoms with Gasteiger partial charge in [-0.3, -0.25) is 0 Å². The molecule has 3 nitrogen and oxygen atoms in total. The molecule has 3 fully saturated rings. The third-order valence-electron chi connectivity index (χ3n) is 4.07. The Kier molecular flexibility index (Phi) is 1.57. The van der Waals surface area contributed by atoms with Gasteiger partial charge in [-0.2, -0.15) is 0 Å². The molecule has 0 aromatic rings. The van der Waals surface area contributed by atoms with Crippen LogP contribution in [0.3, 0.4) is 0 Å². The fraction of sp³-hybridized carbons (Fsp3) is 0.900. The highest BCUT2D eigenvalue weighted by Crippen LogP contribution is 2.69. The van der Waals surface area contributed by atoms with Crippen molar-refractivity contribution in [1.29, 1.82) is 0 Å². The molecule has 3 aliphatic rings. The van der Waals surface area contributed by atoms with Crippen LogP contribution in [-0.2, 0) is 14.3 Å². The van der Waals surface area contributed by atoms with Crippen LogP contribution in [0, 0.1) is 11.8 Å².